The van der Waals surface area contributed by atoms with E-state index in [1.165, 1.54) is 0 Å². The van der Waals surface area contributed by atoms with Gasteiger partial charge in [0.05, 0.1) is 5.02 Å². The predicted octanol–water partition coefficient (Wildman–Crippen LogP) is 5.29. The normalized spacial score (nSPS) is 10.4. The number of hydrogen-bond acceptors (Lipinski definition) is 1. The summed E-state index contributed by atoms with van der Waals surface area (Å²) < 4.78 is 1.77. The Hall–Kier alpha value is -0.640. The first-order chi connectivity index (χ1) is 8.56. The second-order valence-corrected chi connectivity index (χ2v) is 6.04. The molecule has 0 saturated heterocycles. The van der Waals surface area contributed by atoms with Crippen molar-refractivity contribution in [3.63, 3.8) is 0 Å². The van der Waals surface area contributed by atoms with Gasteiger partial charge in [0, 0.05) is 20.9 Å². The molecule has 0 aliphatic rings. The standard InChI is InChI=1S/C14H9Br2ClO/c15-11-3-1-2-9(6-11)7-14(18)10-4-5-12(16)13(17)8-10/h1-6,8H,7H2. The summed E-state index contributed by atoms with van der Waals surface area (Å²) >= 11 is 12.7. The van der Waals surface area contributed by atoms with E-state index in [2.05, 4.69) is 31.9 Å². The van der Waals surface area contributed by atoms with E-state index in [9.17, 15) is 4.79 Å². The van der Waals surface area contributed by atoms with Gasteiger partial charge in [0.2, 0.25) is 0 Å². The molecule has 2 rings (SSSR count). The van der Waals surface area contributed by atoms with E-state index in [4.69, 9.17) is 11.6 Å². The van der Waals surface area contributed by atoms with Crippen molar-refractivity contribution in [2.24, 2.45) is 0 Å². The summed E-state index contributed by atoms with van der Waals surface area (Å²) in [4.78, 5) is 12.1. The van der Waals surface area contributed by atoms with Crippen molar-refractivity contribution in [2.75, 3.05) is 0 Å². The van der Waals surface area contributed by atoms with Crippen LogP contribution in [0, 0.1) is 0 Å². The number of halogens is 3. The van der Waals surface area contributed by atoms with E-state index in [1.54, 1.807) is 18.2 Å². The highest BCUT2D eigenvalue weighted by Crippen LogP contribution is 2.24. The van der Waals surface area contributed by atoms with E-state index < -0.39 is 0 Å². The summed E-state index contributed by atoms with van der Waals surface area (Å²) in [7, 11) is 0. The average molecular weight is 388 g/mol. The molecule has 0 bridgehead atoms. The average Bonchev–Trinajstić information content (AvgIpc) is 2.32. The predicted molar refractivity (Wildman–Crippen MR) is 81.3 cm³/mol. The van der Waals surface area contributed by atoms with Gasteiger partial charge in [0.25, 0.3) is 0 Å². The van der Waals surface area contributed by atoms with E-state index in [0.29, 0.717) is 17.0 Å². The summed E-state index contributed by atoms with van der Waals surface area (Å²) in [6.07, 6.45) is 0.372. The molecule has 0 fully saturated rings. The second kappa shape index (κ2) is 6.00. The Morgan fingerprint density at radius 2 is 1.89 bits per heavy atom. The van der Waals surface area contributed by atoms with Gasteiger partial charge in [-0.3, -0.25) is 4.79 Å². The number of benzene rings is 2. The van der Waals surface area contributed by atoms with Gasteiger partial charge in [-0.2, -0.15) is 0 Å². The van der Waals surface area contributed by atoms with Crippen molar-refractivity contribution < 1.29 is 4.79 Å². The van der Waals surface area contributed by atoms with Gasteiger partial charge < -0.3 is 0 Å². The molecule has 0 aliphatic heterocycles. The van der Waals surface area contributed by atoms with Crippen LogP contribution in [0.5, 0.6) is 0 Å². The number of carbonyl (C=O) groups is 1. The zero-order valence-electron chi connectivity index (χ0n) is 9.29. The summed E-state index contributed by atoms with van der Waals surface area (Å²) in [5, 5.41) is 0.551. The van der Waals surface area contributed by atoms with Crippen molar-refractivity contribution in [3.05, 3.63) is 67.6 Å². The lowest BCUT2D eigenvalue weighted by Gasteiger charge is -2.04. The third-order valence-corrected chi connectivity index (χ3v) is 4.22. The fourth-order valence-corrected chi connectivity index (χ4v) is 2.48. The lowest BCUT2D eigenvalue weighted by atomic mass is 10.0. The van der Waals surface area contributed by atoms with Crippen LogP contribution in [0.4, 0.5) is 0 Å². The van der Waals surface area contributed by atoms with Crippen LogP contribution >= 0.6 is 43.5 Å². The van der Waals surface area contributed by atoms with E-state index in [-0.39, 0.29) is 5.78 Å². The van der Waals surface area contributed by atoms with Crippen LogP contribution in [-0.2, 0) is 6.42 Å². The Balaban J connectivity index is 2.19. The molecule has 0 aliphatic carbocycles. The van der Waals surface area contributed by atoms with Crippen LogP contribution < -0.4 is 0 Å². The zero-order chi connectivity index (χ0) is 13.1. The minimum absolute atomic E-state index is 0.0579. The number of ketones is 1. The van der Waals surface area contributed by atoms with Crippen LogP contribution in [0.2, 0.25) is 5.02 Å². The lowest BCUT2D eigenvalue weighted by Crippen LogP contribution is -2.03. The molecule has 0 amide bonds. The van der Waals surface area contributed by atoms with Crippen molar-refractivity contribution in [2.45, 2.75) is 6.42 Å². The molecule has 2 aromatic carbocycles. The molecule has 0 N–H and O–H groups in total. The third kappa shape index (κ3) is 3.44. The minimum atomic E-state index is 0.0579. The summed E-state index contributed by atoms with van der Waals surface area (Å²) in [5.41, 5.74) is 1.61. The Morgan fingerprint density at radius 1 is 1.11 bits per heavy atom. The molecule has 2 aromatic rings. The third-order valence-electron chi connectivity index (χ3n) is 2.50. The van der Waals surface area contributed by atoms with Gasteiger partial charge in [-0.1, -0.05) is 45.7 Å². The first kappa shape index (κ1) is 13.8. The van der Waals surface area contributed by atoms with Gasteiger partial charge in [-0.25, -0.2) is 0 Å². The van der Waals surface area contributed by atoms with Gasteiger partial charge in [-0.05, 0) is 45.8 Å². The molecule has 1 nitrogen and oxygen atoms in total. The Kier molecular flexibility index (Phi) is 4.60. The highest BCUT2D eigenvalue weighted by Gasteiger charge is 2.09. The van der Waals surface area contributed by atoms with Crippen molar-refractivity contribution in [1.29, 1.82) is 0 Å². The van der Waals surface area contributed by atoms with Gasteiger partial charge in [0.15, 0.2) is 5.78 Å². The summed E-state index contributed by atoms with van der Waals surface area (Å²) in [6.45, 7) is 0. The summed E-state index contributed by atoms with van der Waals surface area (Å²) in [5.74, 6) is 0.0579. The van der Waals surface area contributed by atoms with Gasteiger partial charge in [0.1, 0.15) is 0 Å². The SMILES string of the molecule is O=C(Cc1cccc(Br)c1)c1ccc(Br)c(Cl)c1. The fraction of sp³-hybridized carbons (Fsp3) is 0.0714. The van der Waals surface area contributed by atoms with Crippen LogP contribution in [0.1, 0.15) is 15.9 Å². The van der Waals surface area contributed by atoms with Crippen LogP contribution in [0.3, 0.4) is 0 Å². The second-order valence-electron chi connectivity index (χ2n) is 3.86. The van der Waals surface area contributed by atoms with Crippen molar-refractivity contribution in [3.8, 4) is 0 Å². The van der Waals surface area contributed by atoms with Gasteiger partial charge in [-0.15, -0.1) is 0 Å². The molecule has 0 heterocycles. The lowest BCUT2D eigenvalue weighted by molar-refractivity contribution is 0.0993. The molecule has 0 spiro atoms. The number of hydrogen-bond donors (Lipinski definition) is 0. The highest BCUT2D eigenvalue weighted by molar-refractivity contribution is 9.10. The van der Waals surface area contributed by atoms with E-state index in [1.807, 2.05) is 24.3 Å². The maximum absolute atomic E-state index is 12.1. The first-order valence-corrected chi connectivity index (χ1v) is 7.25. The Morgan fingerprint density at radius 3 is 2.56 bits per heavy atom. The Bertz CT molecular complexity index is 596. The van der Waals surface area contributed by atoms with E-state index >= 15 is 0 Å². The molecule has 0 unspecified atom stereocenters. The molecule has 4 heteroatoms. The number of Topliss-reactive ketones (excluding diaryl/α,β-unsaturated/α-hetero) is 1. The maximum Gasteiger partial charge on any atom is 0.167 e. The van der Waals surface area contributed by atoms with Crippen LogP contribution in [0.15, 0.2) is 51.4 Å². The van der Waals surface area contributed by atoms with Gasteiger partial charge >= 0.3 is 0 Å². The smallest absolute Gasteiger partial charge is 0.167 e. The molecule has 18 heavy (non-hydrogen) atoms. The number of carbonyl (C=O) groups excluding carboxylic acids is 1. The molecule has 0 atom stereocenters. The fourth-order valence-electron chi connectivity index (χ4n) is 1.60. The van der Waals surface area contributed by atoms with E-state index in [0.717, 1.165) is 14.5 Å². The van der Waals surface area contributed by atoms with Crippen molar-refractivity contribution >= 4 is 49.2 Å². The molecule has 0 aromatic heterocycles. The maximum atomic E-state index is 12.1. The zero-order valence-corrected chi connectivity index (χ0v) is 13.2. The number of rotatable bonds is 3. The van der Waals surface area contributed by atoms with Crippen LogP contribution in [0.25, 0.3) is 0 Å². The summed E-state index contributed by atoms with van der Waals surface area (Å²) in [6, 6.07) is 13.0. The monoisotopic (exact) mass is 386 g/mol. The molecule has 92 valence electrons. The molecular formula is C14H9Br2ClO. The largest absolute Gasteiger partial charge is 0.294 e. The highest BCUT2D eigenvalue weighted by atomic mass is 79.9. The quantitative estimate of drug-likeness (QED) is 0.653. The van der Waals surface area contributed by atoms with Crippen LogP contribution in [-0.4, -0.2) is 5.78 Å². The topological polar surface area (TPSA) is 17.1 Å². The van der Waals surface area contributed by atoms with Crippen molar-refractivity contribution in [1.82, 2.24) is 0 Å². The molecule has 0 saturated carbocycles. The molecule has 0 radical (unpaired) electrons. The molecular weight excluding hydrogens is 379 g/mol. The Labute approximate surface area is 127 Å². The minimum Gasteiger partial charge on any atom is -0.294 e. The first-order valence-electron chi connectivity index (χ1n) is 5.29.